The summed E-state index contributed by atoms with van der Waals surface area (Å²) in [7, 11) is 0. The van der Waals surface area contributed by atoms with Crippen molar-refractivity contribution in [3.8, 4) is 0 Å². The molecule has 0 fully saturated rings. The molecule has 3 heterocycles. The van der Waals surface area contributed by atoms with E-state index in [-0.39, 0.29) is 0 Å². The van der Waals surface area contributed by atoms with Gasteiger partial charge in [0, 0.05) is 49.4 Å². The SMILES string of the molecule is Cc1ncc2c(n1)CCN(Cc1ncc[nH]1)C2. The average Bonchev–Trinajstić information content (AvgIpc) is 2.82. The molecule has 0 radical (unpaired) electrons. The molecule has 5 nitrogen and oxygen atoms in total. The zero-order valence-corrected chi connectivity index (χ0v) is 9.85. The van der Waals surface area contributed by atoms with Gasteiger partial charge in [-0.05, 0) is 6.92 Å². The summed E-state index contributed by atoms with van der Waals surface area (Å²) in [6, 6.07) is 0. The highest BCUT2D eigenvalue weighted by atomic mass is 15.2. The standard InChI is InChI=1S/C12H15N5/c1-9-15-6-10-7-17(5-2-11(10)16-9)8-12-13-3-4-14-12/h3-4,6H,2,5,7-8H2,1H3,(H,13,14). The first-order valence-electron chi connectivity index (χ1n) is 5.83. The summed E-state index contributed by atoms with van der Waals surface area (Å²) in [5, 5.41) is 0. The predicted octanol–water partition coefficient (Wildman–Crippen LogP) is 1.07. The topological polar surface area (TPSA) is 57.7 Å². The van der Waals surface area contributed by atoms with Crippen LogP contribution >= 0.6 is 0 Å². The fourth-order valence-electron chi connectivity index (χ4n) is 2.21. The smallest absolute Gasteiger partial charge is 0.125 e. The third kappa shape index (κ3) is 2.19. The van der Waals surface area contributed by atoms with Crippen LogP contribution in [0, 0.1) is 6.92 Å². The third-order valence-corrected chi connectivity index (χ3v) is 3.06. The molecule has 1 aliphatic rings. The summed E-state index contributed by atoms with van der Waals surface area (Å²) < 4.78 is 0. The van der Waals surface area contributed by atoms with Crippen LogP contribution in [-0.4, -0.2) is 31.4 Å². The Morgan fingerprint density at radius 2 is 2.35 bits per heavy atom. The van der Waals surface area contributed by atoms with E-state index < -0.39 is 0 Å². The molecule has 17 heavy (non-hydrogen) atoms. The number of nitrogens with one attached hydrogen (secondary N) is 1. The number of aromatic amines is 1. The van der Waals surface area contributed by atoms with Crippen molar-refractivity contribution in [2.45, 2.75) is 26.4 Å². The zero-order valence-electron chi connectivity index (χ0n) is 9.85. The predicted molar refractivity (Wildman–Crippen MR) is 63.2 cm³/mol. The third-order valence-electron chi connectivity index (χ3n) is 3.06. The molecular formula is C12H15N5. The van der Waals surface area contributed by atoms with Gasteiger partial charge < -0.3 is 4.98 Å². The second-order valence-electron chi connectivity index (χ2n) is 4.39. The van der Waals surface area contributed by atoms with Crippen LogP contribution < -0.4 is 0 Å². The Morgan fingerprint density at radius 1 is 1.41 bits per heavy atom. The van der Waals surface area contributed by atoms with Gasteiger partial charge in [-0.3, -0.25) is 4.90 Å². The fraction of sp³-hybridized carbons (Fsp3) is 0.417. The maximum Gasteiger partial charge on any atom is 0.125 e. The van der Waals surface area contributed by atoms with Gasteiger partial charge in [-0.2, -0.15) is 0 Å². The molecule has 88 valence electrons. The molecule has 1 aliphatic heterocycles. The lowest BCUT2D eigenvalue weighted by atomic mass is 10.1. The highest BCUT2D eigenvalue weighted by molar-refractivity contribution is 5.20. The van der Waals surface area contributed by atoms with Crippen molar-refractivity contribution in [3.63, 3.8) is 0 Å². The van der Waals surface area contributed by atoms with Crippen molar-refractivity contribution >= 4 is 0 Å². The van der Waals surface area contributed by atoms with Crippen LogP contribution in [0.3, 0.4) is 0 Å². The van der Waals surface area contributed by atoms with Gasteiger partial charge in [-0.1, -0.05) is 0 Å². The van der Waals surface area contributed by atoms with Gasteiger partial charge in [0.15, 0.2) is 0 Å². The number of imidazole rings is 1. The number of rotatable bonds is 2. The summed E-state index contributed by atoms with van der Waals surface area (Å²) in [6.07, 6.45) is 6.60. The molecule has 5 heteroatoms. The Hall–Kier alpha value is -1.75. The normalized spacial score (nSPS) is 15.8. The van der Waals surface area contributed by atoms with Crippen LogP contribution in [0.25, 0.3) is 0 Å². The van der Waals surface area contributed by atoms with E-state index >= 15 is 0 Å². The van der Waals surface area contributed by atoms with Crippen LogP contribution in [-0.2, 0) is 19.5 Å². The second kappa shape index (κ2) is 4.25. The van der Waals surface area contributed by atoms with E-state index in [1.807, 2.05) is 19.3 Å². The molecular weight excluding hydrogens is 214 g/mol. The maximum atomic E-state index is 4.48. The number of aryl methyl sites for hydroxylation is 1. The quantitative estimate of drug-likeness (QED) is 0.836. The number of fused-ring (bicyclic) bond motifs is 1. The minimum absolute atomic E-state index is 0.861. The number of nitrogens with zero attached hydrogens (tertiary/aromatic N) is 4. The van der Waals surface area contributed by atoms with E-state index in [0.29, 0.717) is 0 Å². The highest BCUT2D eigenvalue weighted by Gasteiger charge is 2.18. The van der Waals surface area contributed by atoms with Gasteiger partial charge in [-0.25, -0.2) is 15.0 Å². The van der Waals surface area contributed by atoms with E-state index in [1.165, 1.54) is 11.3 Å². The largest absolute Gasteiger partial charge is 0.348 e. The molecule has 2 aromatic heterocycles. The molecule has 2 aromatic rings. The summed E-state index contributed by atoms with van der Waals surface area (Å²) in [5.74, 6) is 1.88. The lowest BCUT2D eigenvalue weighted by Crippen LogP contribution is -2.31. The van der Waals surface area contributed by atoms with E-state index in [1.54, 1.807) is 6.20 Å². The van der Waals surface area contributed by atoms with Gasteiger partial charge in [0.1, 0.15) is 11.6 Å². The first-order valence-corrected chi connectivity index (χ1v) is 5.83. The van der Waals surface area contributed by atoms with Crippen molar-refractivity contribution in [1.82, 2.24) is 24.8 Å². The summed E-state index contributed by atoms with van der Waals surface area (Å²) in [6.45, 7) is 4.75. The lowest BCUT2D eigenvalue weighted by Gasteiger charge is -2.27. The van der Waals surface area contributed by atoms with E-state index in [4.69, 9.17) is 0 Å². The minimum atomic E-state index is 0.861. The van der Waals surface area contributed by atoms with Gasteiger partial charge in [0.25, 0.3) is 0 Å². The van der Waals surface area contributed by atoms with E-state index in [0.717, 1.165) is 37.7 Å². The molecule has 0 spiro atoms. The van der Waals surface area contributed by atoms with Gasteiger partial charge >= 0.3 is 0 Å². The highest BCUT2D eigenvalue weighted by Crippen LogP contribution is 2.17. The Labute approximate surface area is 99.9 Å². The summed E-state index contributed by atoms with van der Waals surface area (Å²) in [4.78, 5) is 18.5. The molecule has 0 saturated heterocycles. The molecule has 1 N–H and O–H groups in total. The maximum absolute atomic E-state index is 4.48. The number of hydrogen-bond acceptors (Lipinski definition) is 4. The number of hydrogen-bond donors (Lipinski definition) is 1. The molecule has 0 saturated carbocycles. The van der Waals surface area contributed by atoms with Gasteiger partial charge in [-0.15, -0.1) is 0 Å². The Morgan fingerprint density at radius 3 is 3.18 bits per heavy atom. The first-order chi connectivity index (χ1) is 8.31. The summed E-state index contributed by atoms with van der Waals surface area (Å²) >= 11 is 0. The Bertz CT molecular complexity index is 506. The Kier molecular flexibility index (Phi) is 2.60. The fourth-order valence-corrected chi connectivity index (χ4v) is 2.21. The van der Waals surface area contributed by atoms with Crippen LogP contribution in [0.2, 0.25) is 0 Å². The molecule has 0 amide bonds. The minimum Gasteiger partial charge on any atom is -0.348 e. The molecule has 0 aromatic carbocycles. The van der Waals surface area contributed by atoms with Crippen LogP contribution in [0.15, 0.2) is 18.6 Å². The monoisotopic (exact) mass is 229 g/mol. The van der Waals surface area contributed by atoms with Crippen molar-refractivity contribution in [2.24, 2.45) is 0 Å². The van der Waals surface area contributed by atoms with E-state index in [2.05, 4.69) is 24.8 Å². The first kappa shape index (κ1) is 10.4. The molecule has 0 unspecified atom stereocenters. The summed E-state index contributed by atoms with van der Waals surface area (Å²) in [5.41, 5.74) is 2.45. The van der Waals surface area contributed by atoms with E-state index in [9.17, 15) is 0 Å². The molecule has 3 rings (SSSR count). The van der Waals surface area contributed by atoms with Crippen LogP contribution in [0.1, 0.15) is 22.9 Å². The Balaban J connectivity index is 1.74. The number of H-pyrrole nitrogens is 1. The molecule has 0 bridgehead atoms. The second-order valence-corrected chi connectivity index (χ2v) is 4.39. The average molecular weight is 229 g/mol. The van der Waals surface area contributed by atoms with Gasteiger partial charge in [0.05, 0.1) is 6.54 Å². The zero-order chi connectivity index (χ0) is 11.7. The van der Waals surface area contributed by atoms with Gasteiger partial charge in [0.2, 0.25) is 0 Å². The van der Waals surface area contributed by atoms with Crippen LogP contribution in [0.4, 0.5) is 0 Å². The molecule has 0 atom stereocenters. The number of aromatic nitrogens is 4. The van der Waals surface area contributed by atoms with Crippen molar-refractivity contribution in [3.05, 3.63) is 41.5 Å². The van der Waals surface area contributed by atoms with Crippen LogP contribution in [0.5, 0.6) is 0 Å². The van der Waals surface area contributed by atoms with Crippen molar-refractivity contribution < 1.29 is 0 Å². The lowest BCUT2D eigenvalue weighted by molar-refractivity contribution is 0.237. The van der Waals surface area contributed by atoms with Crippen molar-refractivity contribution in [1.29, 1.82) is 0 Å². The van der Waals surface area contributed by atoms with Crippen molar-refractivity contribution in [2.75, 3.05) is 6.54 Å². The molecule has 0 aliphatic carbocycles.